The Balaban J connectivity index is 2.09. The van der Waals surface area contributed by atoms with Crippen LogP contribution in [0.1, 0.15) is 39.2 Å². The van der Waals surface area contributed by atoms with Gasteiger partial charge in [0.2, 0.25) is 0 Å². The molecule has 1 aliphatic rings. The van der Waals surface area contributed by atoms with E-state index in [4.69, 9.17) is 0 Å². The van der Waals surface area contributed by atoms with E-state index in [0.29, 0.717) is 17.4 Å². The van der Waals surface area contributed by atoms with Gasteiger partial charge in [0.15, 0.2) is 0 Å². The van der Waals surface area contributed by atoms with Crippen molar-refractivity contribution in [3.63, 3.8) is 0 Å². The molecule has 106 valence electrons. The van der Waals surface area contributed by atoms with E-state index in [1.165, 1.54) is 6.42 Å². The lowest BCUT2D eigenvalue weighted by Gasteiger charge is -2.21. The summed E-state index contributed by atoms with van der Waals surface area (Å²) in [5, 5.41) is 3.60. The van der Waals surface area contributed by atoms with Crippen molar-refractivity contribution in [3.05, 3.63) is 34.1 Å². The summed E-state index contributed by atoms with van der Waals surface area (Å²) >= 11 is 3.43. The number of halogens is 2. The van der Waals surface area contributed by atoms with Crippen LogP contribution in [-0.4, -0.2) is 12.6 Å². The third kappa shape index (κ3) is 3.79. The van der Waals surface area contributed by atoms with Gasteiger partial charge in [-0.2, -0.15) is 0 Å². The molecule has 0 aliphatic heterocycles. The number of hydrogen-bond acceptors (Lipinski definition) is 1. The zero-order chi connectivity index (χ0) is 14.0. The molecular weight excluding hydrogens is 305 g/mol. The first-order valence-electron chi connectivity index (χ1n) is 7.11. The fraction of sp³-hybridized carbons (Fsp3) is 0.625. The third-order valence-corrected chi connectivity index (χ3v) is 4.67. The molecule has 0 amide bonds. The molecule has 1 nitrogen and oxygen atoms in total. The second-order valence-electron chi connectivity index (χ2n) is 6.30. The zero-order valence-corrected chi connectivity index (χ0v) is 13.6. The Morgan fingerprint density at radius 3 is 2.74 bits per heavy atom. The molecule has 0 spiro atoms. The molecule has 2 rings (SSSR count). The summed E-state index contributed by atoms with van der Waals surface area (Å²) in [6.45, 7) is 7.78. The molecular formula is C16H23BrFN. The van der Waals surface area contributed by atoms with Gasteiger partial charge in [0.05, 0.1) is 0 Å². The summed E-state index contributed by atoms with van der Waals surface area (Å²) in [5.41, 5.74) is 1.22. The van der Waals surface area contributed by atoms with Crippen LogP contribution in [0, 0.1) is 17.2 Å². The van der Waals surface area contributed by atoms with Crippen molar-refractivity contribution in [2.45, 2.75) is 46.1 Å². The van der Waals surface area contributed by atoms with Gasteiger partial charge in [-0.3, -0.25) is 0 Å². The lowest BCUT2D eigenvalue weighted by atomic mass is 9.97. The number of rotatable bonds is 6. The van der Waals surface area contributed by atoms with Gasteiger partial charge in [0, 0.05) is 10.5 Å². The first-order chi connectivity index (χ1) is 8.94. The quantitative estimate of drug-likeness (QED) is 0.808. The minimum Gasteiger partial charge on any atom is -0.313 e. The summed E-state index contributed by atoms with van der Waals surface area (Å²) in [7, 11) is 0. The van der Waals surface area contributed by atoms with E-state index in [0.717, 1.165) is 29.4 Å². The first-order valence-corrected chi connectivity index (χ1v) is 7.90. The van der Waals surface area contributed by atoms with E-state index in [2.05, 4.69) is 42.0 Å². The Morgan fingerprint density at radius 1 is 1.47 bits per heavy atom. The van der Waals surface area contributed by atoms with Crippen molar-refractivity contribution >= 4 is 15.9 Å². The van der Waals surface area contributed by atoms with Crippen molar-refractivity contribution in [2.75, 3.05) is 6.54 Å². The van der Waals surface area contributed by atoms with Crippen LogP contribution in [0.3, 0.4) is 0 Å². The topological polar surface area (TPSA) is 12.0 Å². The Labute approximate surface area is 124 Å². The fourth-order valence-electron chi connectivity index (χ4n) is 2.82. The van der Waals surface area contributed by atoms with E-state index in [1.807, 2.05) is 6.07 Å². The predicted octanol–water partition coefficient (Wildman–Crippen LogP) is 4.55. The van der Waals surface area contributed by atoms with Crippen molar-refractivity contribution in [1.82, 2.24) is 5.32 Å². The Kier molecular flexibility index (Phi) is 4.67. The van der Waals surface area contributed by atoms with Crippen LogP contribution in [0.5, 0.6) is 0 Å². The lowest BCUT2D eigenvalue weighted by Crippen LogP contribution is -2.35. The molecule has 2 unspecified atom stereocenters. The van der Waals surface area contributed by atoms with E-state index < -0.39 is 0 Å². The van der Waals surface area contributed by atoms with Crippen molar-refractivity contribution in [2.24, 2.45) is 11.3 Å². The highest BCUT2D eigenvalue weighted by Crippen LogP contribution is 2.54. The second kappa shape index (κ2) is 5.92. The number of nitrogens with one attached hydrogen (secondary N) is 1. The van der Waals surface area contributed by atoms with E-state index in [9.17, 15) is 4.39 Å². The maximum absolute atomic E-state index is 13.9. The van der Waals surface area contributed by atoms with Crippen LogP contribution in [0.4, 0.5) is 4.39 Å². The van der Waals surface area contributed by atoms with Gasteiger partial charge >= 0.3 is 0 Å². The largest absolute Gasteiger partial charge is 0.313 e. The molecule has 0 heterocycles. The van der Waals surface area contributed by atoms with Gasteiger partial charge in [-0.1, -0.05) is 36.7 Å². The van der Waals surface area contributed by atoms with Gasteiger partial charge in [-0.25, -0.2) is 4.39 Å². The molecule has 1 saturated carbocycles. The molecule has 3 heteroatoms. The highest BCUT2D eigenvalue weighted by molar-refractivity contribution is 9.10. The van der Waals surface area contributed by atoms with Gasteiger partial charge in [-0.05, 0) is 60.9 Å². The van der Waals surface area contributed by atoms with Crippen molar-refractivity contribution in [3.8, 4) is 0 Å². The zero-order valence-electron chi connectivity index (χ0n) is 12.0. The molecule has 1 aromatic carbocycles. The average Bonchev–Trinajstić information content (AvgIpc) is 2.98. The minimum atomic E-state index is -0.0926. The second-order valence-corrected chi connectivity index (χ2v) is 7.22. The smallest absolute Gasteiger partial charge is 0.126 e. The minimum absolute atomic E-state index is 0.0926. The summed E-state index contributed by atoms with van der Waals surface area (Å²) in [6, 6.07) is 5.60. The maximum Gasteiger partial charge on any atom is 0.126 e. The Hall–Kier alpha value is -0.410. The van der Waals surface area contributed by atoms with Crippen molar-refractivity contribution in [1.29, 1.82) is 0 Å². The molecule has 0 aromatic heterocycles. The number of hydrogen-bond donors (Lipinski definition) is 1. The van der Waals surface area contributed by atoms with Gasteiger partial charge in [0.1, 0.15) is 5.82 Å². The SMILES string of the molecule is CCCNC(Cc1cc(Br)ccc1F)C1CC1(C)C. The van der Waals surface area contributed by atoms with Crippen LogP contribution in [0.25, 0.3) is 0 Å². The lowest BCUT2D eigenvalue weighted by molar-refractivity contribution is 0.398. The summed E-state index contributed by atoms with van der Waals surface area (Å²) in [5.74, 6) is 0.572. The third-order valence-electron chi connectivity index (χ3n) is 4.18. The monoisotopic (exact) mass is 327 g/mol. The molecule has 2 atom stereocenters. The average molecular weight is 328 g/mol. The van der Waals surface area contributed by atoms with Crippen molar-refractivity contribution < 1.29 is 4.39 Å². The number of benzene rings is 1. The molecule has 1 N–H and O–H groups in total. The Bertz CT molecular complexity index is 444. The highest BCUT2D eigenvalue weighted by atomic mass is 79.9. The molecule has 0 bridgehead atoms. The maximum atomic E-state index is 13.9. The fourth-order valence-corrected chi connectivity index (χ4v) is 3.23. The predicted molar refractivity (Wildman–Crippen MR) is 81.8 cm³/mol. The molecule has 1 aromatic rings. The van der Waals surface area contributed by atoms with E-state index in [1.54, 1.807) is 12.1 Å². The summed E-state index contributed by atoms with van der Waals surface area (Å²) in [6.07, 6.45) is 3.13. The standard InChI is InChI=1S/C16H23BrFN/c1-4-7-19-15(13-10-16(13,2)3)9-11-8-12(17)5-6-14(11)18/h5-6,8,13,15,19H,4,7,9-10H2,1-3H3. The van der Waals surface area contributed by atoms with E-state index >= 15 is 0 Å². The summed E-state index contributed by atoms with van der Waals surface area (Å²) < 4.78 is 14.8. The molecule has 1 fully saturated rings. The molecule has 19 heavy (non-hydrogen) atoms. The highest BCUT2D eigenvalue weighted by Gasteiger charge is 2.49. The van der Waals surface area contributed by atoms with Gasteiger partial charge in [0.25, 0.3) is 0 Å². The van der Waals surface area contributed by atoms with Crippen LogP contribution >= 0.6 is 15.9 Å². The molecule has 1 aliphatic carbocycles. The van der Waals surface area contributed by atoms with Crippen LogP contribution < -0.4 is 5.32 Å². The first kappa shape index (κ1) is 15.0. The Morgan fingerprint density at radius 2 is 2.16 bits per heavy atom. The van der Waals surface area contributed by atoms with Gasteiger partial charge < -0.3 is 5.32 Å². The van der Waals surface area contributed by atoms with Gasteiger partial charge in [-0.15, -0.1) is 0 Å². The molecule has 0 saturated heterocycles. The summed E-state index contributed by atoms with van der Waals surface area (Å²) in [4.78, 5) is 0. The van der Waals surface area contributed by atoms with Crippen LogP contribution in [-0.2, 0) is 6.42 Å². The van der Waals surface area contributed by atoms with Crippen LogP contribution in [0.15, 0.2) is 22.7 Å². The normalized spacial score (nSPS) is 22.3. The molecule has 0 radical (unpaired) electrons. The van der Waals surface area contributed by atoms with Crippen LogP contribution in [0.2, 0.25) is 0 Å². The van der Waals surface area contributed by atoms with E-state index in [-0.39, 0.29) is 5.82 Å².